The Hall–Kier alpha value is -0.780. The molecule has 4 heteroatoms. The van der Waals surface area contributed by atoms with E-state index in [1.165, 1.54) is 17.5 Å². The van der Waals surface area contributed by atoms with E-state index in [2.05, 4.69) is 60.4 Å². The molecule has 1 N–H and O–H groups in total. The molecule has 1 aliphatic carbocycles. The summed E-state index contributed by atoms with van der Waals surface area (Å²) < 4.78 is 0. The van der Waals surface area contributed by atoms with Crippen LogP contribution in [0.5, 0.6) is 0 Å². The van der Waals surface area contributed by atoms with E-state index >= 15 is 0 Å². The number of hydrogen-bond acceptors (Lipinski definition) is 1. The van der Waals surface area contributed by atoms with Gasteiger partial charge >= 0.3 is 0 Å². The number of halogens is 1. The van der Waals surface area contributed by atoms with Gasteiger partial charge in [-0.2, -0.15) is 0 Å². The smallest absolute Gasteiger partial charge is 0.193 e. The highest BCUT2D eigenvalue weighted by atomic mass is 127. The largest absolute Gasteiger partial charge is 0.353 e. The number of nitrogens with zero attached hydrogens (tertiary/aromatic N) is 2. The van der Waals surface area contributed by atoms with Crippen molar-refractivity contribution in [3.8, 4) is 0 Å². The zero-order valence-electron chi connectivity index (χ0n) is 12.9. The normalized spacial score (nSPS) is 21.1. The molecule has 2 rings (SSSR count). The molecule has 1 fully saturated rings. The summed E-state index contributed by atoms with van der Waals surface area (Å²) in [6.45, 7) is 5.35. The van der Waals surface area contributed by atoms with Gasteiger partial charge < -0.3 is 10.2 Å². The minimum atomic E-state index is 0. The zero-order chi connectivity index (χ0) is 13.8. The van der Waals surface area contributed by atoms with E-state index in [9.17, 15) is 0 Å². The summed E-state index contributed by atoms with van der Waals surface area (Å²) in [5, 5.41) is 3.51. The quantitative estimate of drug-likeness (QED) is 0.488. The fourth-order valence-corrected chi connectivity index (χ4v) is 2.26. The summed E-state index contributed by atoms with van der Waals surface area (Å²) in [5.41, 5.74) is 2.72. The van der Waals surface area contributed by atoms with Crippen molar-refractivity contribution in [2.24, 2.45) is 10.9 Å². The summed E-state index contributed by atoms with van der Waals surface area (Å²) >= 11 is 0. The molecule has 0 aromatic heterocycles. The standard InChI is InChI=1S/C16H25N3.HI/c1-5-13-6-8-14(9-7-13)11-19(4)16(17-3)18-15-10-12(15)2;/h6-9,12,15H,5,10-11H2,1-4H3,(H,17,18);1H. The van der Waals surface area contributed by atoms with Gasteiger partial charge in [-0.25, -0.2) is 0 Å². The van der Waals surface area contributed by atoms with Crippen LogP contribution in [0, 0.1) is 5.92 Å². The Morgan fingerprint density at radius 1 is 1.30 bits per heavy atom. The van der Waals surface area contributed by atoms with E-state index in [1.807, 2.05) is 7.05 Å². The number of aryl methyl sites for hydroxylation is 1. The molecule has 0 heterocycles. The summed E-state index contributed by atoms with van der Waals surface area (Å²) in [4.78, 5) is 6.55. The molecule has 1 aliphatic rings. The van der Waals surface area contributed by atoms with Crippen molar-refractivity contribution in [2.45, 2.75) is 39.3 Å². The molecule has 0 saturated heterocycles. The first-order valence-corrected chi connectivity index (χ1v) is 7.16. The second-order valence-corrected chi connectivity index (χ2v) is 5.54. The van der Waals surface area contributed by atoms with Crippen LogP contribution in [0.1, 0.15) is 31.4 Å². The van der Waals surface area contributed by atoms with Gasteiger partial charge in [-0.3, -0.25) is 4.99 Å². The van der Waals surface area contributed by atoms with Gasteiger partial charge in [0.05, 0.1) is 0 Å². The summed E-state index contributed by atoms with van der Waals surface area (Å²) in [6.07, 6.45) is 2.36. The van der Waals surface area contributed by atoms with Crippen molar-refractivity contribution < 1.29 is 0 Å². The van der Waals surface area contributed by atoms with Gasteiger partial charge in [-0.1, -0.05) is 38.1 Å². The molecule has 20 heavy (non-hydrogen) atoms. The second-order valence-electron chi connectivity index (χ2n) is 5.54. The lowest BCUT2D eigenvalue weighted by atomic mass is 10.1. The van der Waals surface area contributed by atoms with Crippen molar-refractivity contribution in [3.05, 3.63) is 35.4 Å². The Kier molecular flexibility index (Phi) is 6.79. The molecule has 1 saturated carbocycles. The Bertz CT molecular complexity index is 442. The van der Waals surface area contributed by atoms with Crippen LogP contribution in [0.15, 0.2) is 29.3 Å². The Morgan fingerprint density at radius 3 is 2.30 bits per heavy atom. The van der Waals surface area contributed by atoms with Crippen LogP contribution < -0.4 is 5.32 Å². The SMILES string of the molecule is CCc1ccc(CN(C)C(=NC)NC2CC2C)cc1.I. The van der Waals surface area contributed by atoms with Crippen LogP contribution in [0.4, 0.5) is 0 Å². The zero-order valence-corrected chi connectivity index (χ0v) is 15.2. The lowest BCUT2D eigenvalue weighted by molar-refractivity contribution is 0.474. The first kappa shape index (κ1) is 17.3. The van der Waals surface area contributed by atoms with Gasteiger partial charge in [0.15, 0.2) is 5.96 Å². The average Bonchev–Trinajstić information content (AvgIpc) is 3.12. The van der Waals surface area contributed by atoms with Crippen molar-refractivity contribution in [3.63, 3.8) is 0 Å². The van der Waals surface area contributed by atoms with Crippen molar-refractivity contribution >= 4 is 29.9 Å². The van der Waals surface area contributed by atoms with Crippen molar-refractivity contribution in [1.29, 1.82) is 0 Å². The highest BCUT2D eigenvalue weighted by molar-refractivity contribution is 14.0. The molecule has 3 nitrogen and oxygen atoms in total. The summed E-state index contributed by atoms with van der Waals surface area (Å²) in [6, 6.07) is 9.46. The highest BCUT2D eigenvalue weighted by Crippen LogP contribution is 2.29. The highest BCUT2D eigenvalue weighted by Gasteiger charge is 2.33. The Morgan fingerprint density at radius 2 is 1.85 bits per heavy atom. The van der Waals surface area contributed by atoms with Gasteiger partial charge in [0.1, 0.15) is 0 Å². The van der Waals surface area contributed by atoms with Gasteiger partial charge in [-0.15, -0.1) is 24.0 Å². The van der Waals surface area contributed by atoms with E-state index in [1.54, 1.807) is 0 Å². The molecule has 0 spiro atoms. The maximum absolute atomic E-state index is 4.36. The number of nitrogens with one attached hydrogen (secondary N) is 1. The number of hydrogen-bond donors (Lipinski definition) is 1. The lowest BCUT2D eigenvalue weighted by Gasteiger charge is -2.22. The molecule has 1 aromatic carbocycles. The third-order valence-corrected chi connectivity index (χ3v) is 3.85. The first-order valence-electron chi connectivity index (χ1n) is 7.16. The lowest BCUT2D eigenvalue weighted by Crippen LogP contribution is -2.40. The third-order valence-electron chi connectivity index (χ3n) is 3.85. The van der Waals surface area contributed by atoms with Gasteiger partial charge in [0.25, 0.3) is 0 Å². The molecule has 0 amide bonds. The van der Waals surface area contributed by atoms with E-state index < -0.39 is 0 Å². The molecule has 0 bridgehead atoms. The predicted molar refractivity (Wildman–Crippen MR) is 96.8 cm³/mol. The van der Waals surface area contributed by atoms with Crippen LogP contribution in [0.2, 0.25) is 0 Å². The van der Waals surface area contributed by atoms with Crippen LogP contribution in [-0.2, 0) is 13.0 Å². The fraction of sp³-hybridized carbons (Fsp3) is 0.562. The van der Waals surface area contributed by atoms with Crippen molar-refractivity contribution in [2.75, 3.05) is 14.1 Å². The molecular weight excluding hydrogens is 361 g/mol. The molecule has 2 atom stereocenters. The van der Waals surface area contributed by atoms with Gasteiger partial charge in [0.2, 0.25) is 0 Å². The summed E-state index contributed by atoms with van der Waals surface area (Å²) in [7, 11) is 3.95. The molecular formula is C16H26IN3. The van der Waals surface area contributed by atoms with E-state index in [0.29, 0.717) is 6.04 Å². The van der Waals surface area contributed by atoms with Crippen LogP contribution in [0.3, 0.4) is 0 Å². The molecule has 0 radical (unpaired) electrons. The molecule has 0 aliphatic heterocycles. The maximum atomic E-state index is 4.36. The first-order chi connectivity index (χ1) is 9.13. The van der Waals surface area contributed by atoms with Gasteiger partial charge in [0, 0.05) is 26.7 Å². The van der Waals surface area contributed by atoms with Crippen LogP contribution in [-0.4, -0.2) is 31.0 Å². The number of rotatable bonds is 4. The number of benzene rings is 1. The average molecular weight is 387 g/mol. The van der Waals surface area contributed by atoms with Crippen LogP contribution >= 0.6 is 24.0 Å². The van der Waals surface area contributed by atoms with Crippen LogP contribution in [0.25, 0.3) is 0 Å². The van der Waals surface area contributed by atoms with E-state index in [4.69, 9.17) is 0 Å². The number of aliphatic imine (C=N–C) groups is 1. The monoisotopic (exact) mass is 387 g/mol. The minimum absolute atomic E-state index is 0. The van der Waals surface area contributed by atoms with E-state index in [0.717, 1.165) is 24.8 Å². The Labute approximate surface area is 139 Å². The fourth-order valence-electron chi connectivity index (χ4n) is 2.26. The minimum Gasteiger partial charge on any atom is -0.353 e. The molecule has 112 valence electrons. The second kappa shape index (κ2) is 7.86. The third kappa shape index (κ3) is 4.65. The summed E-state index contributed by atoms with van der Waals surface area (Å²) in [5.74, 6) is 1.78. The molecule has 1 aromatic rings. The number of guanidine groups is 1. The topological polar surface area (TPSA) is 27.6 Å². The maximum Gasteiger partial charge on any atom is 0.193 e. The van der Waals surface area contributed by atoms with E-state index in [-0.39, 0.29) is 24.0 Å². The molecule has 2 unspecified atom stereocenters. The van der Waals surface area contributed by atoms with Gasteiger partial charge in [-0.05, 0) is 29.9 Å². The van der Waals surface area contributed by atoms with Crippen molar-refractivity contribution in [1.82, 2.24) is 10.2 Å². The predicted octanol–water partition coefficient (Wildman–Crippen LogP) is 3.28. The Balaban J connectivity index is 0.00000200.